The molecule has 0 unspecified atom stereocenters. The summed E-state index contributed by atoms with van der Waals surface area (Å²) >= 11 is 0. The van der Waals surface area contributed by atoms with Gasteiger partial charge in [-0.25, -0.2) is 4.98 Å². The van der Waals surface area contributed by atoms with Crippen LogP contribution in [0.2, 0.25) is 0 Å². The van der Waals surface area contributed by atoms with Crippen molar-refractivity contribution in [3.8, 4) is 0 Å². The van der Waals surface area contributed by atoms with Crippen molar-refractivity contribution in [2.45, 2.75) is 0 Å². The summed E-state index contributed by atoms with van der Waals surface area (Å²) in [5.41, 5.74) is 6.31. The number of hydrogen-bond acceptors (Lipinski definition) is 4. The van der Waals surface area contributed by atoms with Gasteiger partial charge in [0.25, 0.3) is 0 Å². The summed E-state index contributed by atoms with van der Waals surface area (Å²) in [5, 5.41) is 0. The first kappa shape index (κ1) is 23.0. The second-order valence-corrected chi connectivity index (χ2v) is 3.74. The molecule has 0 radical (unpaired) electrons. The Morgan fingerprint density at radius 2 is 1.56 bits per heavy atom. The van der Waals surface area contributed by atoms with Crippen LogP contribution in [0.4, 0.5) is 11.5 Å². The van der Waals surface area contributed by atoms with Gasteiger partial charge >= 0.3 is 0 Å². The molecule has 1 saturated heterocycles. The Kier molecular flexibility index (Phi) is 13.8. The molecule has 4 nitrogen and oxygen atoms in total. The molecule has 2 N–H and O–H groups in total. The van der Waals surface area contributed by atoms with Crippen LogP contribution in [0.1, 0.15) is 0 Å². The molecule has 0 amide bonds. The van der Waals surface area contributed by atoms with Gasteiger partial charge in [0.2, 0.25) is 0 Å². The van der Waals surface area contributed by atoms with Crippen LogP contribution in [-0.4, -0.2) is 43.1 Å². The van der Waals surface area contributed by atoms with E-state index in [1.54, 1.807) is 6.20 Å². The summed E-state index contributed by atoms with van der Waals surface area (Å²) < 4.78 is 0. The largest absolute Gasteiger partial charge is 0.397 e. The van der Waals surface area contributed by atoms with Gasteiger partial charge < -0.3 is 15.5 Å². The lowest BCUT2D eigenvalue weighted by molar-refractivity contribution is 0.312. The van der Waals surface area contributed by atoms with Gasteiger partial charge in [-0.3, -0.25) is 0 Å². The maximum atomic E-state index is 5.59. The van der Waals surface area contributed by atoms with Gasteiger partial charge in [0, 0.05) is 26.2 Å². The lowest BCUT2D eigenvalue weighted by Gasteiger charge is -2.33. The molecular weight excluding hydrogens is 318 g/mol. The normalized spacial score (nSPS) is 14.4. The molecule has 0 aliphatic carbocycles. The van der Waals surface area contributed by atoms with Crippen molar-refractivity contribution < 1.29 is 0 Å². The maximum absolute atomic E-state index is 5.59. The van der Waals surface area contributed by atoms with Crippen LogP contribution >= 0.6 is 49.6 Å². The van der Waals surface area contributed by atoms with Crippen molar-refractivity contribution in [3.05, 3.63) is 18.3 Å². The Bertz CT molecular complexity index is 301. The first-order valence-electron chi connectivity index (χ1n) is 4.91. The topological polar surface area (TPSA) is 45.4 Å². The van der Waals surface area contributed by atoms with Gasteiger partial charge in [0.15, 0.2) is 0 Å². The molecule has 2 heterocycles. The van der Waals surface area contributed by atoms with Crippen LogP contribution < -0.4 is 10.6 Å². The molecule has 18 heavy (non-hydrogen) atoms. The van der Waals surface area contributed by atoms with Crippen molar-refractivity contribution in [3.63, 3.8) is 0 Å². The van der Waals surface area contributed by atoms with E-state index in [1.165, 1.54) is 0 Å². The average molecular weight is 338 g/mol. The van der Waals surface area contributed by atoms with Crippen molar-refractivity contribution >= 4 is 61.1 Å². The highest BCUT2D eigenvalue weighted by Gasteiger charge is 2.14. The first-order chi connectivity index (χ1) is 6.75. The molecule has 0 bridgehead atoms. The molecule has 2 rings (SSSR count). The van der Waals surface area contributed by atoms with Crippen LogP contribution in [-0.2, 0) is 0 Å². The number of nitrogens with two attached hydrogens (primary N) is 1. The molecule has 0 saturated carbocycles. The van der Waals surface area contributed by atoms with Gasteiger partial charge in [0.1, 0.15) is 5.82 Å². The Morgan fingerprint density at radius 1 is 1.00 bits per heavy atom. The zero-order chi connectivity index (χ0) is 9.97. The predicted octanol–water partition coefficient (Wildman–Crippen LogP) is 2.10. The number of hydrogen-bond donors (Lipinski definition) is 1. The third-order valence-corrected chi connectivity index (χ3v) is 2.60. The molecule has 0 atom stereocenters. The molecule has 1 aromatic heterocycles. The maximum Gasteiger partial charge on any atom is 0.128 e. The van der Waals surface area contributed by atoms with Crippen molar-refractivity contribution in [1.82, 2.24) is 9.88 Å². The van der Waals surface area contributed by atoms with E-state index in [0.717, 1.165) is 37.7 Å². The molecule has 8 heteroatoms. The number of piperazine rings is 1. The average Bonchev–Trinajstić information content (AvgIpc) is 2.21. The number of halogens is 4. The molecule has 1 aliphatic heterocycles. The highest BCUT2D eigenvalue weighted by atomic mass is 35.5. The highest BCUT2D eigenvalue weighted by Crippen LogP contribution is 2.13. The third-order valence-electron chi connectivity index (χ3n) is 2.60. The summed E-state index contributed by atoms with van der Waals surface area (Å²) in [6.45, 7) is 4.30. The summed E-state index contributed by atoms with van der Waals surface area (Å²) in [6, 6.07) is 3.89. The summed E-state index contributed by atoms with van der Waals surface area (Å²) in [6.07, 6.45) is 1.72. The number of anilines is 2. The quantitative estimate of drug-likeness (QED) is 0.852. The lowest BCUT2D eigenvalue weighted by atomic mass is 10.3. The summed E-state index contributed by atoms with van der Waals surface area (Å²) in [7, 11) is 2.15. The van der Waals surface area contributed by atoms with E-state index in [4.69, 9.17) is 5.73 Å². The Balaban J connectivity index is -0.000000562. The van der Waals surface area contributed by atoms with E-state index in [0.29, 0.717) is 0 Å². The predicted molar refractivity (Wildman–Crippen MR) is 87.4 cm³/mol. The van der Waals surface area contributed by atoms with E-state index in [-0.39, 0.29) is 49.6 Å². The standard InChI is InChI=1S/C10H16N4.4ClH/c1-13-4-6-14(7-5-13)10-3-2-9(11)8-12-10;;;;/h2-3,8H,4-7,11H2,1H3;4*1H. The fraction of sp³-hybridized carbons (Fsp3) is 0.500. The minimum Gasteiger partial charge on any atom is -0.397 e. The van der Waals surface area contributed by atoms with E-state index in [9.17, 15) is 0 Å². The smallest absolute Gasteiger partial charge is 0.128 e. The number of nitrogen functional groups attached to an aromatic ring is 1. The Labute approximate surface area is 133 Å². The van der Waals surface area contributed by atoms with Crippen LogP contribution in [0.5, 0.6) is 0 Å². The number of nitrogens with zero attached hydrogens (tertiary/aromatic N) is 3. The van der Waals surface area contributed by atoms with Gasteiger partial charge in [0.05, 0.1) is 11.9 Å². The monoisotopic (exact) mass is 336 g/mol. The van der Waals surface area contributed by atoms with E-state index in [2.05, 4.69) is 21.8 Å². The van der Waals surface area contributed by atoms with Gasteiger partial charge in [-0.05, 0) is 19.2 Å². The van der Waals surface area contributed by atoms with Crippen molar-refractivity contribution in [1.29, 1.82) is 0 Å². The zero-order valence-corrected chi connectivity index (χ0v) is 13.4. The zero-order valence-electron chi connectivity index (χ0n) is 10.1. The SMILES string of the molecule is CN1CCN(c2ccc(N)cn2)CC1.Cl.Cl.Cl.Cl. The summed E-state index contributed by atoms with van der Waals surface area (Å²) in [5.74, 6) is 1.03. The summed E-state index contributed by atoms with van der Waals surface area (Å²) in [4.78, 5) is 8.93. The molecule has 1 aromatic rings. The lowest BCUT2D eigenvalue weighted by Crippen LogP contribution is -2.44. The van der Waals surface area contributed by atoms with Crippen molar-refractivity contribution in [2.24, 2.45) is 0 Å². The minimum absolute atomic E-state index is 0. The van der Waals surface area contributed by atoms with Crippen LogP contribution in [0.3, 0.4) is 0 Å². The molecule has 0 aromatic carbocycles. The second-order valence-electron chi connectivity index (χ2n) is 3.74. The van der Waals surface area contributed by atoms with Crippen LogP contribution in [0, 0.1) is 0 Å². The highest BCUT2D eigenvalue weighted by molar-refractivity contribution is 5.86. The minimum atomic E-state index is 0. The van der Waals surface area contributed by atoms with E-state index in [1.807, 2.05) is 12.1 Å². The Morgan fingerprint density at radius 3 is 2.00 bits per heavy atom. The molecule has 1 fully saturated rings. The Hall–Kier alpha value is -0.130. The number of rotatable bonds is 1. The van der Waals surface area contributed by atoms with Crippen LogP contribution in [0.25, 0.3) is 0 Å². The number of likely N-dealkylation sites (N-methyl/N-ethyl adjacent to an activating group) is 1. The fourth-order valence-corrected chi connectivity index (χ4v) is 1.62. The van der Waals surface area contributed by atoms with E-state index < -0.39 is 0 Å². The molecule has 1 aliphatic rings. The molecular formula is C10H20Cl4N4. The van der Waals surface area contributed by atoms with Gasteiger partial charge in [-0.1, -0.05) is 0 Å². The van der Waals surface area contributed by atoms with E-state index >= 15 is 0 Å². The number of pyridine rings is 1. The second kappa shape index (κ2) is 10.8. The molecule has 108 valence electrons. The first-order valence-corrected chi connectivity index (χ1v) is 4.91. The van der Waals surface area contributed by atoms with Gasteiger partial charge in [-0.15, -0.1) is 49.6 Å². The molecule has 0 spiro atoms. The third kappa shape index (κ3) is 6.16. The fourth-order valence-electron chi connectivity index (χ4n) is 1.62. The number of aromatic nitrogens is 1. The van der Waals surface area contributed by atoms with Gasteiger partial charge in [-0.2, -0.15) is 0 Å². The van der Waals surface area contributed by atoms with Crippen molar-refractivity contribution in [2.75, 3.05) is 43.9 Å². The van der Waals surface area contributed by atoms with Crippen LogP contribution in [0.15, 0.2) is 18.3 Å².